The van der Waals surface area contributed by atoms with Crippen LogP contribution in [0.4, 0.5) is 0 Å². The van der Waals surface area contributed by atoms with Crippen molar-refractivity contribution in [1.82, 2.24) is 20.0 Å². The van der Waals surface area contributed by atoms with E-state index in [1.807, 2.05) is 54.6 Å². The molecule has 2 heterocycles. The maximum atomic E-state index is 13.1. The lowest BCUT2D eigenvalue weighted by atomic mass is 9.94. The Balaban J connectivity index is 1.04. The maximum Gasteiger partial charge on any atom is 0.261 e. The average molecular weight is 485 g/mol. The number of nitrogens with zero attached hydrogens (tertiary/aromatic N) is 3. The van der Waals surface area contributed by atoms with Crippen LogP contribution in [0.15, 0.2) is 66.7 Å². The predicted octanol–water partition coefficient (Wildman–Crippen LogP) is 2.80. The van der Waals surface area contributed by atoms with Gasteiger partial charge in [-0.1, -0.05) is 54.6 Å². The summed E-state index contributed by atoms with van der Waals surface area (Å²) in [4.78, 5) is 44.4. The van der Waals surface area contributed by atoms with Gasteiger partial charge in [0.05, 0.1) is 0 Å². The van der Waals surface area contributed by atoms with E-state index in [-0.39, 0.29) is 17.7 Å². The molecule has 0 unspecified atom stereocenters. The second-order valence-electron chi connectivity index (χ2n) is 9.49. The van der Waals surface area contributed by atoms with Gasteiger partial charge in [0.1, 0.15) is 0 Å². The summed E-state index contributed by atoms with van der Waals surface area (Å²) in [5, 5.41) is 4.70. The third kappa shape index (κ3) is 5.32. The molecular formula is C29H32N4O3. The lowest BCUT2D eigenvalue weighted by Gasteiger charge is -2.36. The topological polar surface area (TPSA) is 73.0 Å². The molecular weight excluding hydrogens is 452 g/mol. The Labute approximate surface area is 211 Å². The van der Waals surface area contributed by atoms with Gasteiger partial charge in [-0.05, 0) is 29.5 Å². The van der Waals surface area contributed by atoms with E-state index in [1.54, 1.807) is 0 Å². The second-order valence-corrected chi connectivity index (χ2v) is 9.49. The Morgan fingerprint density at radius 3 is 1.97 bits per heavy atom. The first-order chi connectivity index (χ1) is 17.6. The van der Waals surface area contributed by atoms with E-state index in [4.69, 9.17) is 0 Å². The molecule has 0 aliphatic carbocycles. The van der Waals surface area contributed by atoms with Crippen LogP contribution in [0.5, 0.6) is 0 Å². The van der Waals surface area contributed by atoms with Crippen LogP contribution in [-0.4, -0.2) is 84.8 Å². The first-order valence-electron chi connectivity index (χ1n) is 12.7. The van der Waals surface area contributed by atoms with Crippen LogP contribution >= 0.6 is 0 Å². The molecule has 0 aromatic heterocycles. The summed E-state index contributed by atoms with van der Waals surface area (Å²) in [6.07, 6.45) is 1.34. The molecule has 3 aromatic rings. The molecule has 1 fully saturated rings. The van der Waals surface area contributed by atoms with Crippen molar-refractivity contribution in [2.24, 2.45) is 0 Å². The molecule has 1 saturated heterocycles. The molecule has 3 aromatic carbocycles. The van der Waals surface area contributed by atoms with Crippen LogP contribution in [0.2, 0.25) is 0 Å². The molecule has 3 amide bonds. The van der Waals surface area contributed by atoms with Crippen LogP contribution in [0.25, 0.3) is 10.8 Å². The fourth-order valence-electron chi connectivity index (χ4n) is 5.10. The third-order valence-corrected chi connectivity index (χ3v) is 7.19. The third-order valence-electron chi connectivity index (χ3n) is 7.19. The molecule has 1 N–H and O–H groups in total. The molecule has 7 nitrogen and oxygen atoms in total. The summed E-state index contributed by atoms with van der Waals surface area (Å²) in [6, 6.07) is 21.4. The van der Waals surface area contributed by atoms with Gasteiger partial charge < -0.3 is 10.2 Å². The SMILES string of the molecule is O=C(CCN1CCN(CCN2C(=O)c3cccc4cccc(c34)C2=O)CC1)NCCc1ccccc1. The van der Waals surface area contributed by atoms with Crippen molar-refractivity contribution in [2.75, 3.05) is 52.4 Å². The molecule has 7 heteroatoms. The first kappa shape index (κ1) is 24.2. The molecule has 0 atom stereocenters. The smallest absolute Gasteiger partial charge is 0.261 e. The minimum absolute atomic E-state index is 0.0887. The Kier molecular flexibility index (Phi) is 7.39. The molecule has 5 rings (SSSR count). The molecule has 2 aliphatic heterocycles. The van der Waals surface area contributed by atoms with Crippen molar-refractivity contribution in [3.05, 3.63) is 83.4 Å². The molecule has 0 bridgehead atoms. The quantitative estimate of drug-likeness (QED) is 0.473. The minimum Gasteiger partial charge on any atom is -0.356 e. The van der Waals surface area contributed by atoms with E-state index < -0.39 is 0 Å². The van der Waals surface area contributed by atoms with Crippen LogP contribution in [0.3, 0.4) is 0 Å². The number of amides is 3. The van der Waals surface area contributed by atoms with Gasteiger partial charge >= 0.3 is 0 Å². The van der Waals surface area contributed by atoms with Gasteiger partial charge in [-0.2, -0.15) is 0 Å². The standard InChI is InChI=1S/C29H32N4O3/c34-26(30-14-12-22-6-2-1-3-7-22)13-15-31-16-18-32(19-17-31)20-21-33-28(35)24-10-4-8-23-9-5-11-25(27(23)24)29(33)36/h1-11H,12-21H2,(H,30,34). The van der Waals surface area contributed by atoms with E-state index in [2.05, 4.69) is 27.2 Å². The lowest BCUT2D eigenvalue weighted by molar-refractivity contribution is -0.121. The fourth-order valence-corrected chi connectivity index (χ4v) is 5.10. The van der Waals surface area contributed by atoms with E-state index >= 15 is 0 Å². The van der Waals surface area contributed by atoms with Crippen molar-refractivity contribution in [3.8, 4) is 0 Å². The highest BCUT2D eigenvalue weighted by molar-refractivity contribution is 6.25. The predicted molar refractivity (Wildman–Crippen MR) is 140 cm³/mol. The number of carbonyl (C=O) groups excluding carboxylic acids is 3. The van der Waals surface area contributed by atoms with Gasteiger partial charge in [-0.3, -0.25) is 24.2 Å². The van der Waals surface area contributed by atoms with Crippen molar-refractivity contribution in [2.45, 2.75) is 12.8 Å². The largest absolute Gasteiger partial charge is 0.356 e. The normalized spacial score (nSPS) is 16.5. The molecule has 2 aliphatic rings. The zero-order valence-electron chi connectivity index (χ0n) is 20.5. The first-order valence-corrected chi connectivity index (χ1v) is 12.7. The van der Waals surface area contributed by atoms with Crippen molar-refractivity contribution in [3.63, 3.8) is 0 Å². The van der Waals surface area contributed by atoms with Crippen LogP contribution in [0, 0.1) is 0 Å². The highest BCUT2D eigenvalue weighted by Crippen LogP contribution is 2.29. The van der Waals surface area contributed by atoms with E-state index in [0.717, 1.165) is 49.9 Å². The van der Waals surface area contributed by atoms with Crippen molar-refractivity contribution >= 4 is 28.5 Å². The number of rotatable bonds is 9. The Morgan fingerprint density at radius 2 is 1.33 bits per heavy atom. The summed E-state index contributed by atoms with van der Waals surface area (Å²) < 4.78 is 0. The highest BCUT2D eigenvalue weighted by atomic mass is 16.2. The molecule has 0 radical (unpaired) electrons. The number of hydrogen-bond donors (Lipinski definition) is 1. The summed E-state index contributed by atoms with van der Waals surface area (Å²) in [5.41, 5.74) is 2.44. The average Bonchev–Trinajstić information content (AvgIpc) is 2.91. The van der Waals surface area contributed by atoms with E-state index in [1.165, 1.54) is 10.5 Å². The summed E-state index contributed by atoms with van der Waals surface area (Å²) >= 11 is 0. The van der Waals surface area contributed by atoms with Gasteiger partial charge in [0.15, 0.2) is 0 Å². The summed E-state index contributed by atoms with van der Waals surface area (Å²) in [7, 11) is 0. The van der Waals surface area contributed by atoms with Gasteiger partial charge in [0.25, 0.3) is 11.8 Å². The zero-order valence-corrected chi connectivity index (χ0v) is 20.5. The van der Waals surface area contributed by atoms with Crippen LogP contribution in [0.1, 0.15) is 32.7 Å². The maximum absolute atomic E-state index is 13.1. The number of piperazine rings is 1. The number of nitrogens with one attached hydrogen (secondary N) is 1. The Hall–Kier alpha value is -3.55. The van der Waals surface area contributed by atoms with Gasteiger partial charge in [0, 0.05) is 75.3 Å². The minimum atomic E-state index is -0.207. The highest BCUT2D eigenvalue weighted by Gasteiger charge is 2.32. The van der Waals surface area contributed by atoms with E-state index in [0.29, 0.717) is 37.2 Å². The zero-order chi connectivity index (χ0) is 24.9. The second kappa shape index (κ2) is 11.0. The van der Waals surface area contributed by atoms with Crippen molar-refractivity contribution in [1.29, 1.82) is 0 Å². The summed E-state index contributed by atoms with van der Waals surface area (Å²) in [6.45, 7) is 5.91. The number of imide groups is 1. The lowest BCUT2D eigenvalue weighted by Crippen LogP contribution is -2.50. The molecule has 0 spiro atoms. The fraction of sp³-hybridized carbons (Fsp3) is 0.345. The molecule has 36 heavy (non-hydrogen) atoms. The van der Waals surface area contributed by atoms with Gasteiger partial charge in [0.2, 0.25) is 5.91 Å². The van der Waals surface area contributed by atoms with Crippen molar-refractivity contribution < 1.29 is 14.4 Å². The Morgan fingerprint density at radius 1 is 0.722 bits per heavy atom. The van der Waals surface area contributed by atoms with Gasteiger partial charge in [-0.15, -0.1) is 0 Å². The molecule has 0 saturated carbocycles. The number of hydrogen-bond acceptors (Lipinski definition) is 5. The monoisotopic (exact) mass is 484 g/mol. The van der Waals surface area contributed by atoms with Crippen LogP contribution < -0.4 is 5.32 Å². The van der Waals surface area contributed by atoms with E-state index in [9.17, 15) is 14.4 Å². The Bertz CT molecular complexity index is 1200. The van der Waals surface area contributed by atoms with Gasteiger partial charge in [-0.25, -0.2) is 0 Å². The summed E-state index contributed by atoms with van der Waals surface area (Å²) in [5.74, 6) is -0.326. The molecule has 186 valence electrons. The van der Waals surface area contributed by atoms with Crippen LogP contribution in [-0.2, 0) is 11.2 Å². The number of carbonyl (C=O) groups is 3. The number of benzene rings is 3.